The Bertz CT molecular complexity index is 1120. The van der Waals surface area contributed by atoms with Crippen molar-refractivity contribution in [1.29, 1.82) is 5.26 Å². The van der Waals surface area contributed by atoms with Crippen molar-refractivity contribution in [2.45, 2.75) is 69.5 Å². The minimum Gasteiger partial charge on any atom is -0.347 e. The number of aromatic nitrogens is 3. The molecule has 1 aliphatic carbocycles. The average molecular weight is 462 g/mol. The van der Waals surface area contributed by atoms with E-state index in [1.807, 2.05) is 18.2 Å². The van der Waals surface area contributed by atoms with Gasteiger partial charge in [0, 0.05) is 31.3 Å². The quantitative estimate of drug-likeness (QED) is 0.682. The fraction of sp³-hybridized carbons (Fsp3) is 0.615. The topological polar surface area (TPSA) is 93.3 Å². The number of nitriles is 1. The van der Waals surface area contributed by atoms with E-state index in [-0.39, 0.29) is 11.8 Å². The number of carbonyl (C=O) groups excluding carboxylic acids is 1. The van der Waals surface area contributed by atoms with Gasteiger partial charge < -0.3 is 14.4 Å². The third-order valence-corrected chi connectivity index (χ3v) is 8.01. The van der Waals surface area contributed by atoms with Crippen LogP contribution in [0.5, 0.6) is 0 Å². The van der Waals surface area contributed by atoms with E-state index in [1.54, 1.807) is 0 Å². The van der Waals surface area contributed by atoms with Gasteiger partial charge in [0.2, 0.25) is 5.91 Å². The number of likely N-dealkylation sites (tertiary alicyclic amines) is 1. The zero-order chi connectivity index (χ0) is 23.1. The van der Waals surface area contributed by atoms with Gasteiger partial charge in [0.05, 0.1) is 37.0 Å². The SMILES string of the molecule is N#Cc1ccc2c(c1)CC1(Cc3nnc([C@H]4CC[C@H](C(=O)N5CCCCC5)CC4)n3-2)OCCO1. The Kier molecular flexibility index (Phi) is 5.62. The van der Waals surface area contributed by atoms with E-state index in [4.69, 9.17) is 9.47 Å². The van der Waals surface area contributed by atoms with Gasteiger partial charge in [0.1, 0.15) is 11.6 Å². The van der Waals surface area contributed by atoms with Crippen LogP contribution in [0.4, 0.5) is 0 Å². The Morgan fingerprint density at radius 2 is 1.79 bits per heavy atom. The van der Waals surface area contributed by atoms with E-state index in [9.17, 15) is 10.1 Å². The lowest BCUT2D eigenvalue weighted by Crippen LogP contribution is -2.40. The van der Waals surface area contributed by atoms with Gasteiger partial charge in [-0.1, -0.05) is 0 Å². The van der Waals surface area contributed by atoms with Gasteiger partial charge in [-0.05, 0) is 68.7 Å². The van der Waals surface area contributed by atoms with Crippen LogP contribution in [-0.2, 0) is 27.1 Å². The zero-order valence-corrected chi connectivity index (χ0v) is 19.5. The number of carbonyl (C=O) groups is 1. The summed E-state index contributed by atoms with van der Waals surface area (Å²) in [4.78, 5) is 15.1. The van der Waals surface area contributed by atoms with Gasteiger partial charge in [-0.15, -0.1) is 10.2 Å². The number of benzene rings is 1. The fourth-order valence-electron chi connectivity index (χ4n) is 6.25. The number of fused-ring (bicyclic) bond motifs is 3. The maximum atomic E-state index is 13.0. The van der Waals surface area contributed by atoms with E-state index in [0.717, 1.165) is 74.5 Å². The summed E-state index contributed by atoms with van der Waals surface area (Å²) < 4.78 is 14.3. The summed E-state index contributed by atoms with van der Waals surface area (Å²) in [5.74, 6) is 1.79. The van der Waals surface area contributed by atoms with Crippen molar-refractivity contribution in [3.63, 3.8) is 0 Å². The van der Waals surface area contributed by atoms with Crippen molar-refractivity contribution in [2.75, 3.05) is 26.3 Å². The second kappa shape index (κ2) is 8.79. The van der Waals surface area contributed by atoms with E-state index < -0.39 is 5.79 Å². The van der Waals surface area contributed by atoms with Gasteiger partial charge in [-0.25, -0.2) is 0 Å². The van der Waals surface area contributed by atoms with Gasteiger partial charge in [0.25, 0.3) is 0 Å². The molecule has 4 heterocycles. The molecular formula is C26H31N5O3. The lowest BCUT2D eigenvalue weighted by molar-refractivity contribution is -0.155. The molecule has 0 N–H and O–H groups in total. The molecule has 34 heavy (non-hydrogen) atoms. The van der Waals surface area contributed by atoms with Crippen molar-refractivity contribution in [3.05, 3.63) is 41.0 Å². The zero-order valence-electron chi connectivity index (χ0n) is 19.5. The number of hydrogen-bond donors (Lipinski definition) is 0. The van der Waals surface area contributed by atoms with Crippen molar-refractivity contribution in [3.8, 4) is 11.8 Å². The molecule has 1 amide bonds. The van der Waals surface area contributed by atoms with Crippen LogP contribution in [0.25, 0.3) is 5.69 Å². The maximum Gasteiger partial charge on any atom is 0.225 e. The molecule has 1 aromatic heterocycles. The highest BCUT2D eigenvalue weighted by atomic mass is 16.7. The molecule has 178 valence electrons. The summed E-state index contributed by atoms with van der Waals surface area (Å²) in [6.07, 6.45) is 8.29. The molecule has 1 aromatic carbocycles. The molecule has 4 aliphatic rings. The lowest BCUT2D eigenvalue weighted by Gasteiger charge is -2.33. The molecule has 0 unspecified atom stereocenters. The van der Waals surface area contributed by atoms with Crippen LogP contribution in [-0.4, -0.2) is 57.7 Å². The van der Waals surface area contributed by atoms with Crippen molar-refractivity contribution in [2.24, 2.45) is 5.92 Å². The highest BCUT2D eigenvalue weighted by Crippen LogP contribution is 2.40. The van der Waals surface area contributed by atoms with Gasteiger partial charge in [-0.3, -0.25) is 9.36 Å². The molecule has 2 aromatic rings. The Balaban J connectivity index is 1.28. The third kappa shape index (κ3) is 3.81. The minimum atomic E-state index is -0.750. The second-order valence-electron chi connectivity index (χ2n) is 10.2. The first-order chi connectivity index (χ1) is 16.7. The van der Waals surface area contributed by atoms with Crippen LogP contribution in [0.15, 0.2) is 18.2 Å². The first kappa shape index (κ1) is 21.8. The predicted molar refractivity (Wildman–Crippen MR) is 123 cm³/mol. The molecule has 8 nitrogen and oxygen atoms in total. The molecule has 8 heteroatoms. The summed E-state index contributed by atoms with van der Waals surface area (Å²) in [6.45, 7) is 2.96. The lowest BCUT2D eigenvalue weighted by atomic mass is 9.80. The first-order valence-electron chi connectivity index (χ1n) is 12.7. The molecular weight excluding hydrogens is 430 g/mol. The fourth-order valence-corrected chi connectivity index (χ4v) is 6.25. The number of ether oxygens (including phenoxy) is 2. The number of piperidine rings is 1. The molecule has 0 atom stereocenters. The Labute approximate surface area is 199 Å². The summed E-state index contributed by atoms with van der Waals surface area (Å²) in [5.41, 5.74) is 2.66. The second-order valence-corrected chi connectivity index (χ2v) is 10.2. The summed E-state index contributed by atoms with van der Waals surface area (Å²) in [7, 11) is 0. The molecule has 3 fully saturated rings. The molecule has 1 spiro atoms. The molecule has 3 aliphatic heterocycles. The predicted octanol–water partition coefficient (Wildman–Crippen LogP) is 3.27. The van der Waals surface area contributed by atoms with E-state index in [2.05, 4.69) is 25.7 Å². The highest BCUT2D eigenvalue weighted by Gasteiger charge is 2.43. The summed E-state index contributed by atoms with van der Waals surface area (Å²) >= 11 is 0. The van der Waals surface area contributed by atoms with Crippen LogP contribution >= 0.6 is 0 Å². The van der Waals surface area contributed by atoms with Crippen LogP contribution in [0.2, 0.25) is 0 Å². The normalized spacial score (nSPS) is 25.9. The molecule has 1 saturated carbocycles. The largest absolute Gasteiger partial charge is 0.347 e. The van der Waals surface area contributed by atoms with Gasteiger partial charge in [-0.2, -0.15) is 5.26 Å². The Morgan fingerprint density at radius 3 is 2.53 bits per heavy atom. The minimum absolute atomic E-state index is 0.134. The standard InChI is InChI=1S/C26H31N5O3/c27-17-18-4-9-22-21(14-18)15-26(33-12-13-34-26)16-23-28-29-24(31(22)23)19-5-7-20(8-6-19)25(32)30-10-2-1-3-11-30/h4,9,14,19-20H,1-3,5-8,10-13,15-16H2/t19-,20-. The number of hydrogen-bond acceptors (Lipinski definition) is 6. The van der Waals surface area contributed by atoms with Gasteiger partial charge in [0.15, 0.2) is 5.79 Å². The summed E-state index contributed by atoms with van der Waals surface area (Å²) in [6, 6.07) is 8.06. The van der Waals surface area contributed by atoms with Crippen molar-refractivity contribution in [1.82, 2.24) is 19.7 Å². The molecule has 0 bridgehead atoms. The average Bonchev–Trinajstić information content (AvgIpc) is 3.48. The van der Waals surface area contributed by atoms with E-state index in [1.165, 1.54) is 6.42 Å². The summed E-state index contributed by atoms with van der Waals surface area (Å²) in [5, 5.41) is 18.7. The van der Waals surface area contributed by atoms with Crippen LogP contribution in [0, 0.1) is 17.2 Å². The molecule has 6 rings (SSSR count). The first-order valence-corrected chi connectivity index (χ1v) is 12.7. The Hall–Kier alpha value is -2.76. The van der Waals surface area contributed by atoms with Crippen molar-refractivity contribution < 1.29 is 14.3 Å². The Morgan fingerprint density at radius 1 is 1.03 bits per heavy atom. The van der Waals surface area contributed by atoms with Crippen LogP contribution < -0.4 is 0 Å². The number of amides is 1. The van der Waals surface area contributed by atoms with Crippen LogP contribution in [0.1, 0.15) is 73.6 Å². The van der Waals surface area contributed by atoms with Crippen LogP contribution in [0.3, 0.4) is 0 Å². The number of nitrogens with zero attached hydrogens (tertiary/aromatic N) is 5. The third-order valence-electron chi connectivity index (χ3n) is 8.01. The molecule has 0 radical (unpaired) electrons. The van der Waals surface area contributed by atoms with E-state index in [0.29, 0.717) is 37.5 Å². The number of rotatable bonds is 2. The van der Waals surface area contributed by atoms with Gasteiger partial charge >= 0.3 is 0 Å². The highest BCUT2D eigenvalue weighted by molar-refractivity contribution is 5.79. The monoisotopic (exact) mass is 461 g/mol. The van der Waals surface area contributed by atoms with Crippen molar-refractivity contribution >= 4 is 5.91 Å². The van der Waals surface area contributed by atoms with E-state index >= 15 is 0 Å². The smallest absolute Gasteiger partial charge is 0.225 e. The maximum absolute atomic E-state index is 13.0. The molecule has 2 saturated heterocycles.